The van der Waals surface area contributed by atoms with Crippen LogP contribution in [0.2, 0.25) is 0 Å². The van der Waals surface area contributed by atoms with Crippen LogP contribution in [0, 0.1) is 13.8 Å². The number of esters is 1. The molecule has 0 amide bonds. The van der Waals surface area contributed by atoms with Gasteiger partial charge < -0.3 is 4.74 Å². The number of para-hydroxylation sites is 1. The smallest absolute Gasteiger partial charge is 0.312 e. The van der Waals surface area contributed by atoms with Gasteiger partial charge >= 0.3 is 5.97 Å². The Balaban J connectivity index is 1.62. The van der Waals surface area contributed by atoms with Crippen molar-refractivity contribution in [2.75, 3.05) is 0 Å². The molecule has 5 heteroatoms. The first-order valence-electron chi connectivity index (χ1n) is 10.2. The third-order valence-corrected chi connectivity index (χ3v) is 6.06. The summed E-state index contributed by atoms with van der Waals surface area (Å²) in [5.74, 6) is 0.194. The van der Waals surface area contributed by atoms with Gasteiger partial charge in [0.2, 0.25) is 5.88 Å². The molecule has 4 rings (SSSR count). The molecule has 0 bridgehead atoms. The average molecular weight is 429 g/mol. The SMILES string of the molecule is Cc1ccc(Sc2c(C)nn(-c3ccccc3)c2OC(=O)CCc2ccccc2)cc1. The predicted octanol–water partition coefficient (Wildman–Crippen LogP) is 6.18. The molecule has 1 aromatic heterocycles. The molecule has 0 fully saturated rings. The fourth-order valence-corrected chi connectivity index (χ4v) is 4.13. The van der Waals surface area contributed by atoms with Crippen molar-refractivity contribution in [1.29, 1.82) is 0 Å². The topological polar surface area (TPSA) is 44.1 Å². The maximum atomic E-state index is 12.8. The van der Waals surface area contributed by atoms with Gasteiger partial charge in [0.05, 0.1) is 22.7 Å². The fourth-order valence-electron chi connectivity index (χ4n) is 3.22. The summed E-state index contributed by atoms with van der Waals surface area (Å²) >= 11 is 1.56. The van der Waals surface area contributed by atoms with E-state index in [4.69, 9.17) is 4.74 Å². The third kappa shape index (κ3) is 5.25. The van der Waals surface area contributed by atoms with E-state index in [1.54, 1.807) is 16.4 Å². The molecule has 0 radical (unpaired) electrons. The van der Waals surface area contributed by atoms with Crippen LogP contribution in [0.5, 0.6) is 5.88 Å². The van der Waals surface area contributed by atoms with Gasteiger partial charge in [0.25, 0.3) is 0 Å². The first-order chi connectivity index (χ1) is 15.1. The summed E-state index contributed by atoms with van der Waals surface area (Å²) in [6.07, 6.45) is 0.941. The van der Waals surface area contributed by atoms with E-state index in [0.717, 1.165) is 26.7 Å². The maximum Gasteiger partial charge on any atom is 0.312 e. The Morgan fingerprint density at radius 3 is 2.23 bits per heavy atom. The zero-order valence-electron chi connectivity index (χ0n) is 17.6. The lowest BCUT2D eigenvalue weighted by Crippen LogP contribution is -2.12. The Hall–Kier alpha value is -3.31. The first-order valence-corrected chi connectivity index (χ1v) is 11.1. The van der Waals surface area contributed by atoms with Gasteiger partial charge in [0.1, 0.15) is 0 Å². The van der Waals surface area contributed by atoms with Crippen molar-refractivity contribution < 1.29 is 9.53 Å². The zero-order valence-corrected chi connectivity index (χ0v) is 18.4. The van der Waals surface area contributed by atoms with Gasteiger partial charge in [-0.3, -0.25) is 4.79 Å². The molecule has 0 aliphatic rings. The van der Waals surface area contributed by atoms with Crippen LogP contribution in [0.3, 0.4) is 0 Å². The van der Waals surface area contributed by atoms with Crippen LogP contribution < -0.4 is 4.74 Å². The molecule has 1 heterocycles. The van der Waals surface area contributed by atoms with Gasteiger partial charge in [-0.05, 0) is 50.1 Å². The van der Waals surface area contributed by atoms with Gasteiger partial charge in [-0.1, -0.05) is 78.0 Å². The molecule has 0 saturated carbocycles. The Labute approximate surface area is 186 Å². The maximum absolute atomic E-state index is 12.8. The number of aromatic nitrogens is 2. The number of benzene rings is 3. The minimum atomic E-state index is -0.272. The average Bonchev–Trinajstić information content (AvgIpc) is 3.10. The second kappa shape index (κ2) is 9.67. The van der Waals surface area contributed by atoms with Crippen molar-refractivity contribution in [3.63, 3.8) is 0 Å². The third-order valence-electron chi connectivity index (χ3n) is 4.88. The molecule has 4 nitrogen and oxygen atoms in total. The second-order valence-electron chi connectivity index (χ2n) is 7.34. The lowest BCUT2D eigenvalue weighted by molar-refractivity contribution is -0.134. The van der Waals surface area contributed by atoms with Crippen molar-refractivity contribution in [1.82, 2.24) is 9.78 Å². The molecule has 0 saturated heterocycles. The predicted molar refractivity (Wildman–Crippen MR) is 124 cm³/mol. The standard InChI is InChI=1S/C26H24N2O2S/c1-19-13-16-23(17-14-19)31-25-20(2)27-28(22-11-7-4-8-12-22)26(25)30-24(29)18-15-21-9-5-3-6-10-21/h3-14,16-17H,15,18H2,1-2H3. The lowest BCUT2D eigenvalue weighted by atomic mass is 10.1. The number of carbonyl (C=O) groups excluding carboxylic acids is 1. The Kier molecular flexibility index (Phi) is 6.53. The Morgan fingerprint density at radius 1 is 0.903 bits per heavy atom. The highest BCUT2D eigenvalue weighted by Gasteiger charge is 2.22. The molecule has 0 aliphatic carbocycles. The molecule has 0 aliphatic heterocycles. The lowest BCUT2D eigenvalue weighted by Gasteiger charge is -2.10. The van der Waals surface area contributed by atoms with Crippen LogP contribution in [-0.4, -0.2) is 15.7 Å². The van der Waals surface area contributed by atoms with E-state index >= 15 is 0 Å². The number of ether oxygens (including phenoxy) is 1. The Bertz CT molecular complexity index is 1150. The van der Waals surface area contributed by atoms with E-state index < -0.39 is 0 Å². The van der Waals surface area contributed by atoms with E-state index in [-0.39, 0.29) is 5.97 Å². The van der Waals surface area contributed by atoms with Crippen LogP contribution >= 0.6 is 11.8 Å². The molecule has 0 N–H and O–H groups in total. The van der Waals surface area contributed by atoms with Crippen LogP contribution in [0.1, 0.15) is 23.2 Å². The molecule has 3 aromatic carbocycles. The summed E-state index contributed by atoms with van der Waals surface area (Å²) in [7, 11) is 0. The van der Waals surface area contributed by atoms with Gasteiger partial charge in [-0.15, -0.1) is 0 Å². The summed E-state index contributed by atoms with van der Waals surface area (Å²) in [4.78, 5) is 14.7. The van der Waals surface area contributed by atoms with E-state index in [1.165, 1.54) is 5.56 Å². The quantitative estimate of drug-likeness (QED) is 0.330. The summed E-state index contributed by atoms with van der Waals surface area (Å²) in [6.45, 7) is 4.00. The van der Waals surface area contributed by atoms with Gasteiger partial charge in [-0.25, -0.2) is 0 Å². The minimum absolute atomic E-state index is 0.272. The number of rotatable bonds is 7. The normalized spacial score (nSPS) is 10.8. The first kappa shape index (κ1) is 20.9. The summed E-state index contributed by atoms with van der Waals surface area (Å²) in [5.41, 5.74) is 3.99. The fraction of sp³-hybridized carbons (Fsp3) is 0.154. The van der Waals surface area contributed by atoms with Gasteiger partial charge in [-0.2, -0.15) is 9.78 Å². The second-order valence-corrected chi connectivity index (χ2v) is 8.43. The highest BCUT2D eigenvalue weighted by Crippen LogP contribution is 2.39. The largest absolute Gasteiger partial charge is 0.406 e. The molecule has 0 unspecified atom stereocenters. The summed E-state index contributed by atoms with van der Waals surface area (Å²) in [6, 6.07) is 28.0. The van der Waals surface area contributed by atoms with E-state index in [2.05, 4.69) is 36.3 Å². The molecule has 31 heavy (non-hydrogen) atoms. The minimum Gasteiger partial charge on any atom is -0.406 e. The van der Waals surface area contributed by atoms with E-state index in [1.807, 2.05) is 67.6 Å². The van der Waals surface area contributed by atoms with Crippen LogP contribution in [0.4, 0.5) is 0 Å². The summed E-state index contributed by atoms with van der Waals surface area (Å²) < 4.78 is 7.62. The van der Waals surface area contributed by atoms with Crippen LogP contribution in [0.25, 0.3) is 5.69 Å². The number of hydrogen-bond acceptors (Lipinski definition) is 4. The summed E-state index contributed by atoms with van der Waals surface area (Å²) in [5, 5.41) is 4.68. The molecule has 0 atom stereocenters. The molecular formula is C26H24N2O2S. The number of carbonyl (C=O) groups is 1. The van der Waals surface area contributed by atoms with Crippen molar-refractivity contribution in [3.8, 4) is 11.6 Å². The van der Waals surface area contributed by atoms with Crippen molar-refractivity contribution in [2.24, 2.45) is 0 Å². The Morgan fingerprint density at radius 2 is 1.55 bits per heavy atom. The zero-order chi connectivity index (χ0) is 21.6. The van der Waals surface area contributed by atoms with Crippen LogP contribution in [0.15, 0.2) is 94.7 Å². The molecule has 156 valence electrons. The molecular weight excluding hydrogens is 404 g/mol. The number of hydrogen-bond donors (Lipinski definition) is 0. The van der Waals surface area contributed by atoms with E-state index in [9.17, 15) is 4.79 Å². The monoisotopic (exact) mass is 428 g/mol. The highest BCUT2D eigenvalue weighted by molar-refractivity contribution is 7.99. The number of nitrogens with zero attached hydrogens (tertiary/aromatic N) is 2. The van der Waals surface area contributed by atoms with Gasteiger partial charge in [0.15, 0.2) is 0 Å². The molecule has 4 aromatic rings. The van der Waals surface area contributed by atoms with Crippen molar-refractivity contribution in [3.05, 3.63) is 102 Å². The molecule has 0 spiro atoms. The number of aryl methyl sites for hydroxylation is 3. The highest BCUT2D eigenvalue weighted by atomic mass is 32.2. The van der Waals surface area contributed by atoms with E-state index in [0.29, 0.717) is 18.7 Å². The van der Waals surface area contributed by atoms with Crippen molar-refractivity contribution in [2.45, 2.75) is 36.5 Å². The van der Waals surface area contributed by atoms with Crippen molar-refractivity contribution >= 4 is 17.7 Å². The van der Waals surface area contributed by atoms with Crippen LogP contribution in [-0.2, 0) is 11.2 Å². The van der Waals surface area contributed by atoms with Gasteiger partial charge in [0, 0.05) is 4.90 Å².